The SMILES string of the molecule is CCc1cccc(C(O)c2ccncc2C)c1. The lowest BCUT2D eigenvalue weighted by Crippen LogP contribution is -2.02. The van der Waals surface area contributed by atoms with Gasteiger partial charge in [0.25, 0.3) is 0 Å². The van der Waals surface area contributed by atoms with Crippen molar-refractivity contribution in [2.75, 3.05) is 0 Å². The lowest BCUT2D eigenvalue weighted by Gasteiger charge is -2.14. The molecular weight excluding hydrogens is 210 g/mol. The zero-order valence-corrected chi connectivity index (χ0v) is 10.2. The summed E-state index contributed by atoms with van der Waals surface area (Å²) in [6.45, 7) is 4.08. The van der Waals surface area contributed by atoms with Gasteiger partial charge in [0.2, 0.25) is 0 Å². The van der Waals surface area contributed by atoms with E-state index in [1.165, 1.54) is 5.56 Å². The van der Waals surface area contributed by atoms with Crippen LogP contribution in [0, 0.1) is 6.92 Å². The normalized spacial score (nSPS) is 12.4. The summed E-state index contributed by atoms with van der Waals surface area (Å²) in [5.74, 6) is 0. The fourth-order valence-electron chi connectivity index (χ4n) is 1.95. The minimum absolute atomic E-state index is 0.565. The number of rotatable bonds is 3. The van der Waals surface area contributed by atoms with Crippen molar-refractivity contribution in [3.8, 4) is 0 Å². The van der Waals surface area contributed by atoms with E-state index in [2.05, 4.69) is 24.0 Å². The average molecular weight is 227 g/mol. The quantitative estimate of drug-likeness (QED) is 0.874. The Hall–Kier alpha value is -1.67. The molecule has 0 amide bonds. The number of aliphatic hydroxyl groups is 1. The van der Waals surface area contributed by atoms with Crippen LogP contribution in [0.15, 0.2) is 42.7 Å². The number of benzene rings is 1. The summed E-state index contributed by atoms with van der Waals surface area (Å²) in [4.78, 5) is 4.04. The zero-order chi connectivity index (χ0) is 12.3. The van der Waals surface area contributed by atoms with E-state index in [-0.39, 0.29) is 0 Å². The van der Waals surface area contributed by atoms with Gasteiger partial charge in [-0.15, -0.1) is 0 Å². The van der Waals surface area contributed by atoms with Crippen LogP contribution < -0.4 is 0 Å². The Morgan fingerprint density at radius 3 is 2.82 bits per heavy atom. The lowest BCUT2D eigenvalue weighted by atomic mass is 9.97. The van der Waals surface area contributed by atoms with Gasteiger partial charge >= 0.3 is 0 Å². The van der Waals surface area contributed by atoms with E-state index in [1.54, 1.807) is 12.4 Å². The fraction of sp³-hybridized carbons (Fsp3) is 0.267. The van der Waals surface area contributed by atoms with E-state index in [4.69, 9.17) is 0 Å². The molecule has 2 heteroatoms. The highest BCUT2D eigenvalue weighted by Crippen LogP contribution is 2.24. The first-order valence-corrected chi connectivity index (χ1v) is 5.89. The highest BCUT2D eigenvalue weighted by Gasteiger charge is 2.12. The second-order valence-electron chi connectivity index (χ2n) is 4.23. The van der Waals surface area contributed by atoms with Gasteiger partial charge in [-0.25, -0.2) is 0 Å². The summed E-state index contributed by atoms with van der Waals surface area (Å²) < 4.78 is 0. The van der Waals surface area contributed by atoms with Gasteiger partial charge in [-0.2, -0.15) is 0 Å². The molecule has 0 aliphatic heterocycles. The van der Waals surface area contributed by atoms with E-state index in [0.717, 1.165) is 23.1 Å². The van der Waals surface area contributed by atoms with Crippen LogP contribution in [-0.2, 0) is 6.42 Å². The van der Waals surface area contributed by atoms with Crippen molar-refractivity contribution in [3.05, 3.63) is 65.0 Å². The molecule has 88 valence electrons. The molecule has 1 heterocycles. The molecule has 2 aromatic rings. The second-order valence-corrected chi connectivity index (χ2v) is 4.23. The van der Waals surface area contributed by atoms with Gasteiger partial charge in [0.05, 0.1) is 0 Å². The molecule has 0 saturated carbocycles. The summed E-state index contributed by atoms with van der Waals surface area (Å²) in [7, 11) is 0. The molecule has 0 aliphatic carbocycles. The van der Waals surface area contributed by atoms with E-state index in [0.29, 0.717) is 0 Å². The van der Waals surface area contributed by atoms with Gasteiger partial charge in [0.15, 0.2) is 0 Å². The Morgan fingerprint density at radius 1 is 1.29 bits per heavy atom. The van der Waals surface area contributed by atoms with Gasteiger partial charge in [-0.05, 0) is 41.7 Å². The van der Waals surface area contributed by atoms with Gasteiger partial charge in [-0.3, -0.25) is 4.98 Å². The zero-order valence-electron chi connectivity index (χ0n) is 10.2. The van der Waals surface area contributed by atoms with E-state index >= 15 is 0 Å². The van der Waals surface area contributed by atoms with Crippen LogP contribution in [0.4, 0.5) is 0 Å². The third kappa shape index (κ3) is 2.53. The number of pyridine rings is 1. The van der Waals surface area contributed by atoms with Gasteiger partial charge < -0.3 is 5.11 Å². The molecule has 0 radical (unpaired) electrons. The molecule has 0 bridgehead atoms. The largest absolute Gasteiger partial charge is 0.384 e. The topological polar surface area (TPSA) is 33.1 Å². The number of aliphatic hydroxyl groups excluding tert-OH is 1. The van der Waals surface area contributed by atoms with Crippen molar-refractivity contribution in [2.45, 2.75) is 26.4 Å². The smallest absolute Gasteiger partial charge is 0.104 e. The summed E-state index contributed by atoms with van der Waals surface area (Å²) in [5, 5.41) is 10.4. The summed E-state index contributed by atoms with van der Waals surface area (Å²) >= 11 is 0. The number of hydrogen-bond donors (Lipinski definition) is 1. The van der Waals surface area contributed by atoms with E-state index in [9.17, 15) is 5.11 Å². The molecule has 1 atom stereocenters. The number of aryl methyl sites for hydroxylation is 2. The maximum absolute atomic E-state index is 10.4. The number of hydrogen-bond acceptors (Lipinski definition) is 2. The van der Waals surface area contributed by atoms with Crippen molar-refractivity contribution in [1.29, 1.82) is 0 Å². The third-order valence-electron chi connectivity index (χ3n) is 3.03. The molecule has 0 saturated heterocycles. The second kappa shape index (κ2) is 5.11. The monoisotopic (exact) mass is 227 g/mol. The van der Waals surface area contributed by atoms with Crippen molar-refractivity contribution in [3.63, 3.8) is 0 Å². The molecule has 1 N–H and O–H groups in total. The molecule has 0 aliphatic rings. The molecule has 1 aromatic carbocycles. The number of nitrogens with zero attached hydrogens (tertiary/aromatic N) is 1. The van der Waals surface area contributed by atoms with Crippen LogP contribution in [0.1, 0.15) is 35.3 Å². The van der Waals surface area contributed by atoms with Gasteiger partial charge in [0.1, 0.15) is 6.10 Å². The number of aromatic nitrogens is 1. The Kier molecular flexibility index (Phi) is 3.55. The Morgan fingerprint density at radius 2 is 2.12 bits per heavy atom. The van der Waals surface area contributed by atoms with Crippen molar-refractivity contribution < 1.29 is 5.11 Å². The minimum Gasteiger partial charge on any atom is -0.384 e. The first-order valence-electron chi connectivity index (χ1n) is 5.89. The van der Waals surface area contributed by atoms with Crippen molar-refractivity contribution in [1.82, 2.24) is 4.98 Å². The molecule has 0 spiro atoms. The van der Waals surface area contributed by atoms with Gasteiger partial charge in [0, 0.05) is 12.4 Å². The van der Waals surface area contributed by atoms with Crippen LogP contribution in [0.25, 0.3) is 0 Å². The summed E-state index contributed by atoms with van der Waals surface area (Å²) in [5.41, 5.74) is 4.13. The standard InChI is InChI=1S/C15H17NO/c1-3-12-5-4-6-13(9-12)15(17)14-7-8-16-10-11(14)2/h4-10,15,17H,3H2,1-2H3. The molecule has 17 heavy (non-hydrogen) atoms. The van der Waals surface area contributed by atoms with Crippen LogP contribution >= 0.6 is 0 Å². The highest BCUT2D eigenvalue weighted by molar-refractivity contribution is 5.35. The van der Waals surface area contributed by atoms with Crippen molar-refractivity contribution in [2.24, 2.45) is 0 Å². The summed E-state index contributed by atoms with van der Waals surface area (Å²) in [6.07, 6.45) is 3.91. The molecule has 1 unspecified atom stereocenters. The molecule has 2 rings (SSSR count). The average Bonchev–Trinajstić information content (AvgIpc) is 2.38. The fourth-order valence-corrected chi connectivity index (χ4v) is 1.95. The first-order chi connectivity index (χ1) is 8.22. The van der Waals surface area contributed by atoms with Crippen LogP contribution in [0.3, 0.4) is 0 Å². The maximum Gasteiger partial charge on any atom is 0.104 e. The maximum atomic E-state index is 10.4. The Bertz CT molecular complexity index is 508. The predicted octanol–water partition coefficient (Wildman–Crippen LogP) is 3.03. The minimum atomic E-state index is -0.565. The highest BCUT2D eigenvalue weighted by atomic mass is 16.3. The van der Waals surface area contributed by atoms with Crippen LogP contribution in [0.2, 0.25) is 0 Å². The Labute approximate surface area is 102 Å². The lowest BCUT2D eigenvalue weighted by molar-refractivity contribution is 0.219. The first kappa shape index (κ1) is 11.8. The molecule has 1 aromatic heterocycles. The van der Waals surface area contributed by atoms with Crippen LogP contribution in [-0.4, -0.2) is 10.1 Å². The third-order valence-corrected chi connectivity index (χ3v) is 3.03. The molecule has 2 nitrogen and oxygen atoms in total. The van der Waals surface area contributed by atoms with Gasteiger partial charge in [-0.1, -0.05) is 31.2 Å². The molecule has 0 fully saturated rings. The predicted molar refractivity (Wildman–Crippen MR) is 68.9 cm³/mol. The molecular formula is C15H17NO. The Balaban J connectivity index is 2.37. The summed E-state index contributed by atoms with van der Waals surface area (Å²) in [6, 6.07) is 9.97. The van der Waals surface area contributed by atoms with Crippen molar-refractivity contribution >= 4 is 0 Å². The van der Waals surface area contributed by atoms with E-state index < -0.39 is 6.10 Å². The van der Waals surface area contributed by atoms with Crippen LogP contribution in [0.5, 0.6) is 0 Å². The van der Waals surface area contributed by atoms with E-state index in [1.807, 2.05) is 25.1 Å².